The van der Waals surface area contributed by atoms with Crippen LogP contribution in [0, 0.1) is 13.8 Å². The molecule has 124 valence electrons. The third-order valence-corrected chi connectivity index (χ3v) is 4.10. The van der Waals surface area contributed by atoms with Gasteiger partial charge in [-0.05, 0) is 19.4 Å². The molecule has 0 saturated heterocycles. The molecule has 24 heavy (non-hydrogen) atoms. The Labute approximate surface area is 138 Å². The van der Waals surface area contributed by atoms with Gasteiger partial charge in [-0.2, -0.15) is 5.10 Å². The highest BCUT2D eigenvalue weighted by atomic mass is 16.2. The second-order valence-electron chi connectivity index (χ2n) is 5.83. The monoisotopic (exact) mass is 325 g/mol. The summed E-state index contributed by atoms with van der Waals surface area (Å²) in [5, 5.41) is 4.43. The van der Waals surface area contributed by atoms with E-state index in [4.69, 9.17) is 0 Å². The van der Waals surface area contributed by atoms with Crippen molar-refractivity contribution in [3.63, 3.8) is 0 Å². The summed E-state index contributed by atoms with van der Waals surface area (Å²) in [6.45, 7) is 4.13. The van der Waals surface area contributed by atoms with Gasteiger partial charge in [0.1, 0.15) is 5.82 Å². The van der Waals surface area contributed by atoms with E-state index < -0.39 is 0 Å². The Balaban J connectivity index is 2.12. The van der Waals surface area contributed by atoms with Gasteiger partial charge in [0, 0.05) is 31.4 Å². The van der Waals surface area contributed by atoms with Crippen LogP contribution in [0.1, 0.15) is 17.1 Å². The van der Waals surface area contributed by atoms with Crippen molar-refractivity contribution in [3.05, 3.63) is 68.3 Å². The van der Waals surface area contributed by atoms with E-state index in [9.17, 15) is 9.59 Å². The largest absolute Gasteiger partial charge is 0.330 e. The van der Waals surface area contributed by atoms with Gasteiger partial charge in [-0.15, -0.1) is 0 Å². The summed E-state index contributed by atoms with van der Waals surface area (Å²) in [6, 6.07) is 9.37. The Morgan fingerprint density at radius 1 is 1.04 bits per heavy atom. The zero-order valence-electron chi connectivity index (χ0n) is 14.1. The first-order chi connectivity index (χ1) is 11.4. The van der Waals surface area contributed by atoms with E-state index in [0.29, 0.717) is 18.1 Å². The van der Waals surface area contributed by atoms with Gasteiger partial charge in [0.25, 0.3) is 5.56 Å². The van der Waals surface area contributed by atoms with Crippen molar-refractivity contribution in [2.75, 3.05) is 0 Å². The fraction of sp³-hybridized carbons (Fsp3) is 0.294. The molecule has 2 aromatic heterocycles. The van der Waals surface area contributed by atoms with Gasteiger partial charge in [0.2, 0.25) is 0 Å². The average Bonchev–Trinajstić information content (AvgIpc) is 2.91. The predicted molar refractivity (Wildman–Crippen MR) is 91.0 cm³/mol. The third kappa shape index (κ3) is 2.68. The number of rotatable bonds is 3. The van der Waals surface area contributed by atoms with Crippen molar-refractivity contribution in [1.29, 1.82) is 0 Å². The van der Waals surface area contributed by atoms with Crippen molar-refractivity contribution >= 4 is 0 Å². The first-order valence-electron chi connectivity index (χ1n) is 7.62. The summed E-state index contributed by atoms with van der Waals surface area (Å²) in [6.07, 6.45) is 0. The lowest BCUT2D eigenvalue weighted by Gasteiger charge is -2.12. The lowest BCUT2D eigenvalue weighted by Crippen LogP contribution is -2.38. The summed E-state index contributed by atoms with van der Waals surface area (Å²) in [4.78, 5) is 28.5. The summed E-state index contributed by atoms with van der Waals surface area (Å²) in [5.41, 5.74) is 1.97. The van der Waals surface area contributed by atoms with E-state index in [1.54, 1.807) is 11.7 Å². The molecule has 2 heterocycles. The van der Waals surface area contributed by atoms with Crippen LogP contribution in [0.2, 0.25) is 0 Å². The number of hydrogen-bond donors (Lipinski definition) is 0. The second kappa shape index (κ2) is 5.92. The average molecular weight is 325 g/mol. The fourth-order valence-corrected chi connectivity index (χ4v) is 2.67. The Kier molecular flexibility index (Phi) is 3.92. The van der Waals surface area contributed by atoms with Gasteiger partial charge in [-0.3, -0.25) is 13.9 Å². The zero-order valence-corrected chi connectivity index (χ0v) is 14.1. The predicted octanol–water partition coefficient (Wildman–Crippen LogP) is 1.01. The smallest absolute Gasteiger partial charge is 0.299 e. The van der Waals surface area contributed by atoms with Gasteiger partial charge in [-0.25, -0.2) is 14.5 Å². The number of hydrogen-bond acceptors (Lipinski definition) is 4. The molecule has 0 atom stereocenters. The number of aromatic nitrogens is 5. The molecule has 0 radical (unpaired) electrons. The standard InChI is InChI=1S/C17H19N5O2/c1-11-7-5-6-8-14(11)16-18-12(2)19-22(16)10-13-9-15(23)21(4)17(24)20(13)3/h5-9H,10H2,1-4H3. The molecule has 3 rings (SSSR count). The van der Waals surface area contributed by atoms with Crippen molar-refractivity contribution in [1.82, 2.24) is 23.9 Å². The molecule has 0 bridgehead atoms. The summed E-state index contributed by atoms with van der Waals surface area (Å²) < 4.78 is 4.27. The second-order valence-corrected chi connectivity index (χ2v) is 5.83. The molecule has 1 aromatic carbocycles. The van der Waals surface area contributed by atoms with Crippen LogP contribution in [-0.4, -0.2) is 23.9 Å². The molecular weight excluding hydrogens is 306 g/mol. The van der Waals surface area contributed by atoms with Crippen LogP contribution in [0.15, 0.2) is 39.9 Å². The normalized spacial score (nSPS) is 11.0. The van der Waals surface area contributed by atoms with Crippen LogP contribution in [0.5, 0.6) is 0 Å². The Morgan fingerprint density at radius 3 is 2.46 bits per heavy atom. The SMILES string of the molecule is Cc1nc(-c2ccccc2C)n(Cc2cc(=O)n(C)c(=O)n2C)n1. The Hall–Kier alpha value is -2.96. The van der Waals surface area contributed by atoms with Crippen LogP contribution < -0.4 is 11.2 Å². The first kappa shape index (κ1) is 15.9. The van der Waals surface area contributed by atoms with E-state index >= 15 is 0 Å². The number of benzene rings is 1. The Bertz CT molecular complexity index is 1030. The summed E-state index contributed by atoms with van der Waals surface area (Å²) >= 11 is 0. The molecular formula is C17H19N5O2. The highest BCUT2D eigenvalue weighted by molar-refractivity contribution is 5.60. The molecule has 0 amide bonds. The van der Waals surface area contributed by atoms with Gasteiger partial charge in [0.05, 0.1) is 6.54 Å². The third-order valence-electron chi connectivity index (χ3n) is 4.10. The molecule has 0 aliphatic heterocycles. The van der Waals surface area contributed by atoms with Crippen molar-refractivity contribution < 1.29 is 0 Å². The molecule has 7 nitrogen and oxygen atoms in total. The fourth-order valence-electron chi connectivity index (χ4n) is 2.67. The van der Waals surface area contributed by atoms with Crippen molar-refractivity contribution in [2.24, 2.45) is 14.1 Å². The zero-order chi connectivity index (χ0) is 17.4. The van der Waals surface area contributed by atoms with Crippen LogP contribution in [0.25, 0.3) is 11.4 Å². The van der Waals surface area contributed by atoms with E-state index in [-0.39, 0.29) is 11.2 Å². The quantitative estimate of drug-likeness (QED) is 0.720. The molecule has 0 aliphatic rings. The molecule has 0 unspecified atom stereocenters. The van der Waals surface area contributed by atoms with E-state index in [2.05, 4.69) is 10.1 Å². The molecule has 0 N–H and O–H groups in total. The van der Waals surface area contributed by atoms with Crippen molar-refractivity contribution in [3.8, 4) is 11.4 Å². The van der Waals surface area contributed by atoms with Crippen LogP contribution in [0.4, 0.5) is 0 Å². The van der Waals surface area contributed by atoms with Crippen LogP contribution >= 0.6 is 0 Å². The Morgan fingerprint density at radius 2 is 1.75 bits per heavy atom. The lowest BCUT2D eigenvalue weighted by atomic mass is 10.1. The summed E-state index contributed by atoms with van der Waals surface area (Å²) in [5.74, 6) is 1.36. The molecule has 0 spiro atoms. The van der Waals surface area contributed by atoms with Gasteiger partial charge in [0.15, 0.2) is 5.82 Å². The minimum absolute atomic E-state index is 0.298. The van der Waals surface area contributed by atoms with Crippen molar-refractivity contribution in [2.45, 2.75) is 20.4 Å². The molecule has 0 aliphatic carbocycles. The minimum Gasteiger partial charge on any atom is -0.299 e. The molecule has 7 heteroatoms. The topological polar surface area (TPSA) is 74.7 Å². The molecule has 0 saturated carbocycles. The van der Waals surface area contributed by atoms with E-state index in [0.717, 1.165) is 21.5 Å². The van der Waals surface area contributed by atoms with Gasteiger partial charge >= 0.3 is 5.69 Å². The van der Waals surface area contributed by atoms with Gasteiger partial charge < -0.3 is 0 Å². The summed E-state index contributed by atoms with van der Waals surface area (Å²) in [7, 11) is 3.11. The van der Waals surface area contributed by atoms with E-state index in [1.807, 2.05) is 38.1 Å². The maximum atomic E-state index is 12.1. The highest BCUT2D eigenvalue weighted by Gasteiger charge is 2.14. The van der Waals surface area contributed by atoms with Gasteiger partial charge in [-0.1, -0.05) is 24.3 Å². The maximum Gasteiger partial charge on any atom is 0.330 e. The van der Waals surface area contributed by atoms with E-state index in [1.165, 1.54) is 17.7 Å². The number of aryl methyl sites for hydroxylation is 2. The molecule has 3 aromatic rings. The minimum atomic E-state index is -0.355. The number of nitrogens with zero attached hydrogens (tertiary/aromatic N) is 5. The lowest BCUT2D eigenvalue weighted by molar-refractivity contribution is 0.596. The molecule has 0 fully saturated rings. The van der Waals surface area contributed by atoms with Crippen LogP contribution in [-0.2, 0) is 20.6 Å². The maximum absolute atomic E-state index is 12.1. The van der Waals surface area contributed by atoms with Crippen LogP contribution in [0.3, 0.4) is 0 Å². The first-order valence-corrected chi connectivity index (χ1v) is 7.62. The highest BCUT2D eigenvalue weighted by Crippen LogP contribution is 2.21.